The molecule has 0 saturated heterocycles. The van der Waals surface area contributed by atoms with E-state index in [9.17, 15) is 10.2 Å². The van der Waals surface area contributed by atoms with Gasteiger partial charge < -0.3 is 20.0 Å². The van der Waals surface area contributed by atoms with E-state index in [2.05, 4.69) is 13.2 Å². The Morgan fingerprint density at radius 3 is 1.76 bits per heavy atom. The molecule has 0 aliphatic rings. The minimum atomic E-state index is -0.765. The van der Waals surface area contributed by atoms with Crippen LogP contribution in [0, 0.1) is 0 Å². The molecule has 4 nitrogen and oxygen atoms in total. The Bertz CT molecular complexity index is 255. The minimum Gasteiger partial charge on any atom is -0.374 e. The Hall–Kier alpha value is -1.26. The van der Waals surface area contributed by atoms with Gasteiger partial charge in [0.25, 0.3) is 0 Å². The van der Waals surface area contributed by atoms with E-state index in [1.165, 1.54) is 4.90 Å². The molecule has 0 aromatic carbocycles. The number of allylic oxidation sites excluding steroid dienone is 1. The standard InChI is InChI=1S/C13H24N2O2/c1-6-9-14(10-7-2)13(8-3)15(11(4)16)12(5)17/h6-8,11-12,16-17H,1-2,9-10H2,3-5H3. The SMILES string of the molecule is C=CCN(CC=C)C(=CC)N(C(C)O)C(C)O. The van der Waals surface area contributed by atoms with Crippen LogP contribution in [0.3, 0.4) is 0 Å². The molecule has 17 heavy (non-hydrogen) atoms. The van der Waals surface area contributed by atoms with Crippen molar-refractivity contribution < 1.29 is 10.2 Å². The van der Waals surface area contributed by atoms with Gasteiger partial charge >= 0.3 is 0 Å². The third kappa shape index (κ3) is 4.63. The second kappa shape index (κ2) is 7.92. The van der Waals surface area contributed by atoms with Crippen molar-refractivity contribution in [3.05, 3.63) is 37.2 Å². The number of hydrogen-bond donors (Lipinski definition) is 2. The van der Waals surface area contributed by atoms with Crippen LogP contribution in [-0.4, -0.2) is 45.6 Å². The molecular weight excluding hydrogens is 216 g/mol. The van der Waals surface area contributed by atoms with Gasteiger partial charge in [0.1, 0.15) is 18.3 Å². The van der Waals surface area contributed by atoms with Gasteiger partial charge in [0.05, 0.1) is 0 Å². The molecule has 2 atom stereocenters. The average molecular weight is 240 g/mol. The summed E-state index contributed by atoms with van der Waals surface area (Å²) in [6, 6.07) is 0. The maximum atomic E-state index is 9.72. The van der Waals surface area contributed by atoms with Crippen molar-refractivity contribution in [2.24, 2.45) is 0 Å². The summed E-state index contributed by atoms with van der Waals surface area (Å²) in [5.41, 5.74) is 0. The largest absolute Gasteiger partial charge is 0.374 e. The third-order valence-electron chi connectivity index (χ3n) is 2.35. The van der Waals surface area contributed by atoms with Crippen LogP contribution in [0.1, 0.15) is 20.8 Å². The smallest absolute Gasteiger partial charge is 0.127 e. The third-order valence-corrected chi connectivity index (χ3v) is 2.35. The lowest BCUT2D eigenvalue weighted by molar-refractivity contribution is -0.0762. The number of aliphatic hydroxyl groups is 2. The topological polar surface area (TPSA) is 46.9 Å². The first-order chi connectivity index (χ1) is 7.99. The molecule has 98 valence electrons. The highest BCUT2D eigenvalue weighted by Crippen LogP contribution is 2.16. The molecule has 2 unspecified atom stereocenters. The van der Waals surface area contributed by atoms with Crippen molar-refractivity contribution in [2.75, 3.05) is 13.1 Å². The number of nitrogens with zero attached hydrogens (tertiary/aromatic N) is 2. The second-order valence-corrected chi connectivity index (χ2v) is 3.80. The van der Waals surface area contributed by atoms with Gasteiger partial charge in [-0.15, -0.1) is 13.2 Å². The van der Waals surface area contributed by atoms with Crippen LogP contribution in [0.4, 0.5) is 0 Å². The monoisotopic (exact) mass is 240 g/mol. The van der Waals surface area contributed by atoms with Gasteiger partial charge in [-0.05, 0) is 26.8 Å². The molecule has 0 amide bonds. The van der Waals surface area contributed by atoms with E-state index < -0.39 is 12.5 Å². The molecule has 0 saturated carbocycles. The van der Waals surface area contributed by atoms with Crippen molar-refractivity contribution >= 4 is 0 Å². The molecule has 2 N–H and O–H groups in total. The maximum absolute atomic E-state index is 9.72. The molecule has 0 aliphatic heterocycles. The predicted molar refractivity (Wildman–Crippen MR) is 70.9 cm³/mol. The van der Waals surface area contributed by atoms with E-state index >= 15 is 0 Å². The molecular formula is C13H24N2O2. The quantitative estimate of drug-likeness (QED) is 0.498. The first-order valence-electron chi connectivity index (χ1n) is 5.77. The lowest BCUT2D eigenvalue weighted by atomic mass is 10.3. The zero-order valence-corrected chi connectivity index (χ0v) is 11.0. The van der Waals surface area contributed by atoms with Crippen LogP contribution in [-0.2, 0) is 0 Å². The lowest BCUT2D eigenvalue weighted by Crippen LogP contribution is -2.45. The van der Waals surface area contributed by atoms with E-state index in [-0.39, 0.29) is 0 Å². The molecule has 0 radical (unpaired) electrons. The van der Waals surface area contributed by atoms with Gasteiger partial charge in [-0.3, -0.25) is 0 Å². The highest BCUT2D eigenvalue weighted by Gasteiger charge is 2.22. The highest BCUT2D eigenvalue weighted by molar-refractivity contribution is 5.03. The van der Waals surface area contributed by atoms with E-state index in [4.69, 9.17) is 0 Å². The van der Waals surface area contributed by atoms with Crippen LogP contribution in [0.2, 0.25) is 0 Å². The Labute approximate surface area is 104 Å². The molecule has 0 fully saturated rings. The van der Waals surface area contributed by atoms with Gasteiger partial charge in [-0.2, -0.15) is 0 Å². The normalized spacial score (nSPS) is 15.0. The molecule has 0 aromatic rings. The van der Waals surface area contributed by atoms with Gasteiger partial charge in [-0.1, -0.05) is 12.2 Å². The van der Waals surface area contributed by atoms with E-state index in [0.29, 0.717) is 13.1 Å². The molecule has 0 spiro atoms. The molecule has 0 rings (SSSR count). The van der Waals surface area contributed by atoms with Crippen molar-refractivity contribution in [2.45, 2.75) is 33.2 Å². The van der Waals surface area contributed by atoms with Gasteiger partial charge in [0.15, 0.2) is 0 Å². The zero-order chi connectivity index (χ0) is 13.4. The summed E-state index contributed by atoms with van der Waals surface area (Å²) in [6.45, 7) is 13.8. The fraction of sp³-hybridized carbons (Fsp3) is 0.538. The van der Waals surface area contributed by atoms with Crippen LogP contribution < -0.4 is 0 Å². The molecule has 0 bridgehead atoms. The zero-order valence-electron chi connectivity index (χ0n) is 11.0. The fourth-order valence-electron chi connectivity index (χ4n) is 1.76. The van der Waals surface area contributed by atoms with Gasteiger partial charge in [0.2, 0.25) is 0 Å². The number of hydrogen-bond acceptors (Lipinski definition) is 4. The average Bonchev–Trinajstić information content (AvgIpc) is 2.24. The van der Waals surface area contributed by atoms with Crippen molar-refractivity contribution in [1.82, 2.24) is 9.80 Å². The van der Waals surface area contributed by atoms with Crippen LogP contribution in [0.25, 0.3) is 0 Å². The highest BCUT2D eigenvalue weighted by atomic mass is 16.3. The summed E-state index contributed by atoms with van der Waals surface area (Å²) in [7, 11) is 0. The summed E-state index contributed by atoms with van der Waals surface area (Å²) in [5, 5.41) is 19.4. The molecule has 0 aromatic heterocycles. The van der Waals surface area contributed by atoms with E-state index in [1.54, 1.807) is 26.0 Å². The fourth-order valence-corrected chi connectivity index (χ4v) is 1.76. The van der Waals surface area contributed by atoms with E-state index in [1.807, 2.05) is 17.9 Å². The van der Waals surface area contributed by atoms with Gasteiger partial charge in [-0.25, -0.2) is 0 Å². The van der Waals surface area contributed by atoms with Crippen molar-refractivity contribution in [3.63, 3.8) is 0 Å². The van der Waals surface area contributed by atoms with Crippen LogP contribution >= 0.6 is 0 Å². The predicted octanol–water partition coefficient (Wildman–Crippen LogP) is 1.50. The Kier molecular flexibility index (Phi) is 7.34. The molecule has 0 heterocycles. The first kappa shape index (κ1) is 15.7. The van der Waals surface area contributed by atoms with Crippen LogP contribution in [0.15, 0.2) is 37.2 Å². The molecule has 4 heteroatoms. The Morgan fingerprint density at radius 2 is 1.53 bits per heavy atom. The maximum Gasteiger partial charge on any atom is 0.127 e. The summed E-state index contributed by atoms with van der Waals surface area (Å²) >= 11 is 0. The molecule has 0 aliphatic carbocycles. The van der Waals surface area contributed by atoms with Crippen molar-refractivity contribution in [1.29, 1.82) is 0 Å². The van der Waals surface area contributed by atoms with Gasteiger partial charge in [0, 0.05) is 13.1 Å². The lowest BCUT2D eigenvalue weighted by Gasteiger charge is -2.38. The first-order valence-corrected chi connectivity index (χ1v) is 5.77. The second-order valence-electron chi connectivity index (χ2n) is 3.80. The van der Waals surface area contributed by atoms with Crippen LogP contribution in [0.5, 0.6) is 0 Å². The van der Waals surface area contributed by atoms with Crippen molar-refractivity contribution in [3.8, 4) is 0 Å². The minimum absolute atomic E-state index is 0.627. The summed E-state index contributed by atoms with van der Waals surface area (Å²) in [6.07, 6.45) is 3.87. The summed E-state index contributed by atoms with van der Waals surface area (Å²) < 4.78 is 0. The van der Waals surface area contributed by atoms with E-state index in [0.717, 1.165) is 5.82 Å². The summed E-state index contributed by atoms with van der Waals surface area (Å²) in [4.78, 5) is 3.51. The number of aliphatic hydroxyl groups excluding tert-OH is 2. The Balaban J connectivity index is 5.10. The summed E-state index contributed by atoms with van der Waals surface area (Å²) in [5.74, 6) is 0.759. The number of rotatable bonds is 8. The Morgan fingerprint density at radius 1 is 1.12 bits per heavy atom.